The first-order valence-corrected chi connectivity index (χ1v) is 11.9. The number of methoxy groups -OCH3 is 1. The van der Waals surface area contributed by atoms with Crippen LogP contribution in [0.2, 0.25) is 0 Å². The van der Waals surface area contributed by atoms with Crippen LogP contribution in [0.3, 0.4) is 0 Å². The Labute approximate surface area is 176 Å². The van der Waals surface area contributed by atoms with Crippen molar-refractivity contribution in [2.45, 2.75) is 102 Å². The molecule has 5 nitrogen and oxygen atoms in total. The predicted octanol–water partition coefficient (Wildman–Crippen LogP) is 3.58. The molecule has 0 amide bonds. The lowest BCUT2D eigenvalue weighted by molar-refractivity contribution is -0.147. The van der Waals surface area contributed by atoms with Crippen LogP contribution in [0.25, 0.3) is 0 Å². The number of nitrogens with one attached hydrogen (secondary N) is 1. The Morgan fingerprint density at radius 1 is 1.24 bits per heavy atom. The molecule has 1 saturated heterocycles. The van der Waals surface area contributed by atoms with Crippen molar-refractivity contribution in [2.75, 3.05) is 7.11 Å². The molecule has 0 spiro atoms. The number of ether oxygens (including phenoxy) is 1. The van der Waals surface area contributed by atoms with Crippen LogP contribution in [0.15, 0.2) is 12.2 Å². The molecule has 166 valence electrons. The first-order valence-electron chi connectivity index (χ1n) is 11.9. The van der Waals surface area contributed by atoms with Crippen molar-refractivity contribution in [1.29, 1.82) is 0 Å². The summed E-state index contributed by atoms with van der Waals surface area (Å²) in [6.07, 6.45) is 14.7. The van der Waals surface area contributed by atoms with E-state index in [9.17, 15) is 15.0 Å². The SMILES string of the molecule is CCC[C@@H](O)/C=C/[C@@H]1[C@H]2CC(CCCC(C(=O)OC)C3CCCC3)N[C@@H]2C[C@H]1O. The Morgan fingerprint density at radius 3 is 2.69 bits per heavy atom. The van der Waals surface area contributed by atoms with Crippen LogP contribution in [0.1, 0.15) is 77.6 Å². The zero-order chi connectivity index (χ0) is 20.8. The Morgan fingerprint density at radius 2 is 2.00 bits per heavy atom. The summed E-state index contributed by atoms with van der Waals surface area (Å²) in [5, 5.41) is 24.2. The van der Waals surface area contributed by atoms with Gasteiger partial charge >= 0.3 is 5.97 Å². The fourth-order valence-corrected chi connectivity index (χ4v) is 6.12. The molecule has 3 aliphatic rings. The Bertz CT molecular complexity index is 545. The molecule has 0 aromatic rings. The summed E-state index contributed by atoms with van der Waals surface area (Å²) in [7, 11) is 1.51. The van der Waals surface area contributed by atoms with Crippen LogP contribution in [-0.2, 0) is 9.53 Å². The van der Waals surface area contributed by atoms with Gasteiger partial charge in [-0.2, -0.15) is 0 Å². The van der Waals surface area contributed by atoms with E-state index >= 15 is 0 Å². The zero-order valence-electron chi connectivity index (χ0n) is 18.3. The van der Waals surface area contributed by atoms with Crippen molar-refractivity contribution in [3.8, 4) is 0 Å². The quantitative estimate of drug-likeness (QED) is 0.381. The average molecular weight is 408 g/mol. The standard InChI is InChI=1S/C24H41NO4/c1-3-7-18(26)12-13-20-21-14-17(25-22(21)15-23(20)27)10-6-11-19(24(28)29-2)16-8-4-5-9-16/h12-13,16-23,25-27H,3-11,14-15H2,1-2H3/b13-12+/t17?,18-,19?,20-,21-,22-,23-/m1/s1. The third kappa shape index (κ3) is 5.83. The molecular weight excluding hydrogens is 366 g/mol. The van der Waals surface area contributed by atoms with Gasteiger partial charge in [0.05, 0.1) is 25.2 Å². The Kier molecular flexibility index (Phi) is 8.57. The van der Waals surface area contributed by atoms with E-state index in [-0.39, 0.29) is 23.9 Å². The van der Waals surface area contributed by atoms with Gasteiger partial charge in [0.1, 0.15) is 0 Å². The summed E-state index contributed by atoms with van der Waals surface area (Å²) in [6, 6.07) is 0.843. The third-order valence-electron chi connectivity index (χ3n) is 7.64. The second-order valence-electron chi connectivity index (χ2n) is 9.60. The number of hydrogen-bond acceptors (Lipinski definition) is 5. The van der Waals surface area contributed by atoms with Crippen LogP contribution in [-0.4, -0.2) is 47.6 Å². The minimum Gasteiger partial charge on any atom is -0.469 e. The minimum atomic E-state index is -0.401. The molecule has 3 N–H and O–H groups in total. The Balaban J connectivity index is 1.47. The fourth-order valence-electron chi connectivity index (χ4n) is 6.12. The molecule has 3 rings (SSSR count). The maximum Gasteiger partial charge on any atom is 0.308 e. The van der Waals surface area contributed by atoms with E-state index in [1.54, 1.807) is 0 Å². The normalized spacial score (nSPS) is 34.6. The van der Waals surface area contributed by atoms with Gasteiger partial charge in [0, 0.05) is 18.0 Å². The zero-order valence-corrected chi connectivity index (χ0v) is 18.3. The number of aliphatic hydroxyl groups is 2. The van der Waals surface area contributed by atoms with Crippen LogP contribution in [0, 0.1) is 23.7 Å². The first-order chi connectivity index (χ1) is 14.0. The molecule has 0 radical (unpaired) electrons. The number of aliphatic hydroxyl groups excluding tert-OH is 2. The van der Waals surface area contributed by atoms with Gasteiger partial charge in [-0.05, 0) is 56.8 Å². The van der Waals surface area contributed by atoms with Crippen molar-refractivity contribution in [2.24, 2.45) is 23.7 Å². The molecule has 5 heteroatoms. The molecule has 2 saturated carbocycles. The van der Waals surface area contributed by atoms with Gasteiger partial charge in [-0.1, -0.05) is 44.8 Å². The highest BCUT2D eigenvalue weighted by molar-refractivity contribution is 5.72. The van der Waals surface area contributed by atoms with E-state index in [2.05, 4.69) is 18.3 Å². The monoisotopic (exact) mass is 407 g/mol. The molecule has 2 aliphatic carbocycles. The second kappa shape index (κ2) is 10.9. The maximum absolute atomic E-state index is 12.2. The van der Waals surface area contributed by atoms with E-state index in [0.29, 0.717) is 23.9 Å². The van der Waals surface area contributed by atoms with Crippen molar-refractivity contribution in [3.05, 3.63) is 12.2 Å². The van der Waals surface area contributed by atoms with Crippen LogP contribution >= 0.6 is 0 Å². The number of carbonyl (C=O) groups is 1. The topological polar surface area (TPSA) is 78.8 Å². The summed E-state index contributed by atoms with van der Waals surface area (Å²) >= 11 is 0. The lowest BCUT2D eigenvalue weighted by atomic mass is 9.85. The van der Waals surface area contributed by atoms with E-state index in [4.69, 9.17) is 4.74 Å². The highest BCUT2D eigenvalue weighted by atomic mass is 16.5. The first kappa shape index (κ1) is 22.8. The fraction of sp³-hybridized carbons (Fsp3) is 0.875. The van der Waals surface area contributed by atoms with Gasteiger partial charge in [0.25, 0.3) is 0 Å². The van der Waals surface area contributed by atoms with E-state index < -0.39 is 6.10 Å². The summed E-state index contributed by atoms with van der Waals surface area (Å²) in [4.78, 5) is 12.2. The smallest absolute Gasteiger partial charge is 0.308 e. The van der Waals surface area contributed by atoms with Gasteiger partial charge in [0.15, 0.2) is 0 Å². The lowest BCUT2D eigenvalue weighted by Crippen LogP contribution is -2.30. The second-order valence-corrected chi connectivity index (χ2v) is 9.60. The number of rotatable bonds is 10. The van der Waals surface area contributed by atoms with E-state index in [0.717, 1.165) is 44.9 Å². The molecule has 7 atom stereocenters. The molecule has 0 aromatic carbocycles. The molecule has 29 heavy (non-hydrogen) atoms. The molecule has 2 unspecified atom stereocenters. The van der Waals surface area contributed by atoms with Gasteiger partial charge in [-0.15, -0.1) is 0 Å². The summed E-state index contributed by atoms with van der Waals surface area (Å²) in [6.45, 7) is 2.07. The molecule has 0 bridgehead atoms. The molecule has 0 aromatic heterocycles. The van der Waals surface area contributed by atoms with Crippen LogP contribution in [0.4, 0.5) is 0 Å². The van der Waals surface area contributed by atoms with Crippen molar-refractivity contribution < 1.29 is 19.7 Å². The highest BCUT2D eigenvalue weighted by Gasteiger charge is 2.46. The Hall–Kier alpha value is -0.910. The van der Waals surface area contributed by atoms with E-state index in [1.165, 1.54) is 32.8 Å². The minimum absolute atomic E-state index is 0.0212. The molecule has 3 fully saturated rings. The van der Waals surface area contributed by atoms with Crippen molar-refractivity contribution in [3.63, 3.8) is 0 Å². The van der Waals surface area contributed by atoms with E-state index in [1.807, 2.05) is 6.08 Å². The maximum atomic E-state index is 12.2. The van der Waals surface area contributed by atoms with Crippen molar-refractivity contribution in [1.82, 2.24) is 5.32 Å². The summed E-state index contributed by atoms with van der Waals surface area (Å²) in [5.41, 5.74) is 0. The number of fused-ring (bicyclic) bond motifs is 1. The molecule has 1 aliphatic heterocycles. The third-order valence-corrected chi connectivity index (χ3v) is 7.64. The summed E-state index contributed by atoms with van der Waals surface area (Å²) in [5.74, 6) is 1.15. The molecule has 1 heterocycles. The number of carbonyl (C=O) groups excluding carboxylic acids is 1. The van der Waals surface area contributed by atoms with Crippen LogP contribution in [0.5, 0.6) is 0 Å². The lowest BCUT2D eigenvalue weighted by Gasteiger charge is -2.22. The number of esters is 1. The number of hydrogen-bond donors (Lipinski definition) is 3. The van der Waals surface area contributed by atoms with Gasteiger partial charge in [-0.25, -0.2) is 0 Å². The summed E-state index contributed by atoms with van der Waals surface area (Å²) < 4.78 is 5.09. The van der Waals surface area contributed by atoms with Crippen LogP contribution < -0.4 is 5.32 Å². The van der Waals surface area contributed by atoms with Gasteiger partial charge in [-0.3, -0.25) is 4.79 Å². The van der Waals surface area contributed by atoms with Gasteiger partial charge < -0.3 is 20.3 Å². The average Bonchev–Trinajstić information content (AvgIpc) is 3.40. The highest BCUT2D eigenvalue weighted by Crippen LogP contribution is 2.42. The molecular formula is C24H41NO4. The van der Waals surface area contributed by atoms with Gasteiger partial charge in [0.2, 0.25) is 0 Å². The van der Waals surface area contributed by atoms with Crippen molar-refractivity contribution >= 4 is 5.97 Å². The predicted molar refractivity (Wildman–Crippen MR) is 114 cm³/mol. The largest absolute Gasteiger partial charge is 0.469 e.